The molecule has 2 unspecified atom stereocenters. The molecular weight excluding hydrogens is 418 g/mol. The minimum absolute atomic E-state index is 0.116. The van der Waals surface area contributed by atoms with E-state index in [1.165, 1.54) is 41.8 Å². The van der Waals surface area contributed by atoms with Crippen LogP contribution in [0.25, 0.3) is 11.1 Å². The fourth-order valence-corrected chi connectivity index (χ4v) is 5.10. The lowest BCUT2D eigenvalue weighted by Crippen LogP contribution is -2.51. The van der Waals surface area contributed by atoms with Gasteiger partial charge in [-0.3, -0.25) is 14.2 Å². The molecule has 0 spiro atoms. The number of nitrogens with zero attached hydrogens (tertiary/aromatic N) is 3. The minimum Gasteiger partial charge on any atom is -0.368 e. The van der Waals surface area contributed by atoms with Crippen LogP contribution in [0.1, 0.15) is 49.5 Å². The number of benzene rings is 1. The quantitative estimate of drug-likeness (QED) is 0.601. The summed E-state index contributed by atoms with van der Waals surface area (Å²) in [6, 6.07) is 9.93. The second kappa shape index (κ2) is 8.33. The summed E-state index contributed by atoms with van der Waals surface area (Å²) < 4.78 is 6.83. The van der Waals surface area contributed by atoms with Crippen LogP contribution in [0.2, 0.25) is 0 Å². The van der Waals surface area contributed by atoms with E-state index in [2.05, 4.69) is 45.0 Å². The van der Waals surface area contributed by atoms with E-state index in [-0.39, 0.29) is 11.8 Å². The molecule has 2 aliphatic rings. The Morgan fingerprint density at radius 1 is 1.18 bits per heavy atom. The molecule has 2 bridgehead atoms. The SMILES string of the molecule is CC(=O)n1cc(C(C)(C)C(=O)NCCc2ccc(N3CC4CCC(C3)N4)cc2)c2oncc21. The van der Waals surface area contributed by atoms with Crippen molar-refractivity contribution in [2.75, 3.05) is 24.5 Å². The Kier molecular flexibility index (Phi) is 5.48. The van der Waals surface area contributed by atoms with E-state index in [1.807, 2.05) is 13.8 Å². The molecule has 0 aliphatic carbocycles. The second-order valence-corrected chi connectivity index (χ2v) is 9.81. The number of hydrogen-bond acceptors (Lipinski definition) is 6. The first-order valence-corrected chi connectivity index (χ1v) is 11.7. The number of aromatic nitrogens is 2. The lowest BCUT2D eigenvalue weighted by Gasteiger charge is -2.34. The van der Waals surface area contributed by atoms with Gasteiger partial charge in [0.2, 0.25) is 11.8 Å². The van der Waals surface area contributed by atoms with Crippen molar-refractivity contribution in [3.05, 3.63) is 47.8 Å². The molecule has 1 aromatic carbocycles. The summed E-state index contributed by atoms with van der Waals surface area (Å²) >= 11 is 0. The van der Waals surface area contributed by atoms with E-state index < -0.39 is 5.41 Å². The molecule has 5 rings (SSSR count). The minimum atomic E-state index is -0.871. The van der Waals surface area contributed by atoms with Gasteiger partial charge >= 0.3 is 0 Å². The summed E-state index contributed by atoms with van der Waals surface area (Å²) in [7, 11) is 0. The second-order valence-electron chi connectivity index (χ2n) is 9.81. The number of anilines is 1. The molecule has 33 heavy (non-hydrogen) atoms. The highest BCUT2D eigenvalue weighted by molar-refractivity contribution is 5.96. The van der Waals surface area contributed by atoms with E-state index in [0.717, 1.165) is 19.5 Å². The summed E-state index contributed by atoms with van der Waals surface area (Å²) in [4.78, 5) is 27.5. The van der Waals surface area contributed by atoms with Crippen LogP contribution in [0.15, 0.2) is 41.2 Å². The molecule has 2 N–H and O–H groups in total. The van der Waals surface area contributed by atoms with Crippen LogP contribution in [0.5, 0.6) is 0 Å². The molecule has 1 amide bonds. The Morgan fingerprint density at radius 2 is 1.88 bits per heavy atom. The number of carbonyl (C=O) groups is 2. The first-order valence-electron chi connectivity index (χ1n) is 11.7. The summed E-state index contributed by atoms with van der Waals surface area (Å²) in [5.41, 5.74) is 3.29. The molecule has 4 heterocycles. The zero-order valence-corrected chi connectivity index (χ0v) is 19.4. The van der Waals surface area contributed by atoms with Crippen LogP contribution in [0.4, 0.5) is 5.69 Å². The topological polar surface area (TPSA) is 92.4 Å². The summed E-state index contributed by atoms with van der Waals surface area (Å²) in [5.74, 6) is -0.267. The zero-order chi connectivity index (χ0) is 23.2. The largest absolute Gasteiger partial charge is 0.368 e. The van der Waals surface area contributed by atoms with E-state index in [1.54, 1.807) is 6.20 Å². The van der Waals surface area contributed by atoms with Gasteiger partial charge in [-0.1, -0.05) is 17.3 Å². The standard InChI is InChI=1S/C25H31N5O3/c1-16(31)30-15-21(23-22(30)12-27-33-23)25(2,3)24(32)26-11-10-17-4-8-20(9-5-17)29-13-18-6-7-19(14-29)28-18/h4-5,8-9,12,15,18-19,28H,6-7,10-11,13-14H2,1-3H3,(H,26,32). The maximum absolute atomic E-state index is 13.0. The lowest BCUT2D eigenvalue weighted by molar-refractivity contribution is -0.125. The predicted molar refractivity (Wildman–Crippen MR) is 127 cm³/mol. The van der Waals surface area contributed by atoms with Crippen molar-refractivity contribution >= 4 is 28.6 Å². The van der Waals surface area contributed by atoms with Gasteiger partial charge < -0.3 is 20.1 Å². The van der Waals surface area contributed by atoms with Gasteiger partial charge in [-0.2, -0.15) is 0 Å². The third-order valence-corrected chi connectivity index (χ3v) is 7.11. The highest BCUT2D eigenvalue weighted by Crippen LogP contribution is 2.32. The van der Waals surface area contributed by atoms with Gasteiger partial charge in [0.15, 0.2) is 5.58 Å². The van der Waals surface area contributed by atoms with Gasteiger partial charge in [0.25, 0.3) is 0 Å². The average Bonchev–Trinajstić information content (AvgIpc) is 3.49. The lowest BCUT2D eigenvalue weighted by atomic mass is 9.85. The molecule has 0 radical (unpaired) electrons. The number of rotatable bonds is 6. The Morgan fingerprint density at radius 3 is 2.55 bits per heavy atom. The van der Waals surface area contributed by atoms with E-state index in [9.17, 15) is 9.59 Å². The highest BCUT2D eigenvalue weighted by Gasteiger charge is 2.35. The first-order chi connectivity index (χ1) is 15.8. The van der Waals surface area contributed by atoms with Crippen LogP contribution in [0.3, 0.4) is 0 Å². The van der Waals surface area contributed by atoms with Gasteiger partial charge in [-0.05, 0) is 50.8 Å². The van der Waals surface area contributed by atoms with Crippen LogP contribution < -0.4 is 15.5 Å². The molecule has 8 heteroatoms. The highest BCUT2D eigenvalue weighted by atomic mass is 16.5. The Bertz CT molecular complexity index is 1160. The number of nitrogens with one attached hydrogen (secondary N) is 2. The number of carbonyl (C=O) groups excluding carboxylic acids is 2. The summed E-state index contributed by atoms with van der Waals surface area (Å²) in [6.07, 6.45) is 6.48. The number of hydrogen-bond donors (Lipinski definition) is 2. The maximum atomic E-state index is 13.0. The van der Waals surface area contributed by atoms with Crippen molar-refractivity contribution in [3.63, 3.8) is 0 Å². The molecule has 3 aromatic rings. The molecule has 2 saturated heterocycles. The molecule has 8 nitrogen and oxygen atoms in total. The molecule has 2 aromatic heterocycles. The molecule has 2 fully saturated rings. The molecule has 2 aliphatic heterocycles. The molecular formula is C25H31N5O3. The van der Waals surface area contributed by atoms with E-state index >= 15 is 0 Å². The Labute approximate surface area is 193 Å². The fraction of sp³-hybridized carbons (Fsp3) is 0.480. The van der Waals surface area contributed by atoms with Gasteiger partial charge in [-0.15, -0.1) is 0 Å². The van der Waals surface area contributed by atoms with Crippen molar-refractivity contribution in [1.82, 2.24) is 20.4 Å². The monoisotopic (exact) mass is 449 g/mol. The van der Waals surface area contributed by atoms with Crippen molar-refractivity contribution in [1.29, 1.82) is 0 Å². The Hall–Kier alpha value is -3.13. The van der Waals surface area contributed by atoms with Gasteiger partial charge in [0.05, 0.1) is 11.6 Å². The molecule has 0 saturated carbocycles. The van der Waals surface area contributed by atoms with Crippen LogP contribution >= 0.6 is 0 Å². The number of amides is 1. The number of fused-ring (bicyclic) bond motifs is 3. The third kappa shape index (κ3) is 4.04. The predicted octanol–water partition coefficient (Wildman–Crippen LogP) is 2.87. The zero-order valence-electron chi connectivity index (χ0n) is 19.4. The van der Waals surface area contributed by atoms with Crippen molar-refractivity contribution < 1.29 is 14.1 Å². The normalized spacial score (nSPS) is 20.4. The van der Waals surface area contributed by atoms with Gasteiger partial charge in [-0.25, -0.2) is 0 Å². The maximum Gasteiger partial charge on any atom is 0.230 e. The van der Waals surface area contributed by atoms with Crippen molar-refractivity contribution in [2.45, 2.75) is 57.5 Å². The average molecular weight is 450 g/mol. The molecule has 2 atom stereocenters. The number of piperazine rings is 1. The first kappa shape index (κ1) is 21.7. The third-order valence-electron chi connectivity index (χ3n) is 7.11. The van der Waals surface area contributed by atoms with E-state index in [4.69, 9.17) is 4.52 Å². The summed E-state index contributed by atoms with van der Waals surface area (Å²) in [5, 5.41) is 10.5. The smallest absolute Gasteiger partial charge is 0.230 e. The van der Waals surface area contributed by atoms with Crippen LogP contribution in [0, 0.1) is 0 Å². The van der Waals surface area contributed by atoms with Gasteiger partial charge in [0, 0.05) is 56.1 Å². The van der Waals surface area contributed by atoms with Crippen LogP contribution in [-0.2, 0) is 16.6 Å². The van der Waals surface area contributed by atoms with Crippen molar-refractivity contribution in [2.24, 2.45) is 0 Å². The van der Waals surface area contributed by atoms with Gasteiger partial charge in [0.1, 0.15) is 5.52 Å². The fourth-order valence-electron chi connectivity index (χ4n) is 5.10. The molecule has 174 valence electrons. The summed E-state index contributed by atoms with van der Waals surface area (Å²) in [6.45, 7) is 7.82. The van der Waals surface area contributed by atoms with Crippen molar-refractivity contribution in [3.8, 4) is 0 Å². The van der Waals surface area contributed by atoms with Crippen LogP contribution in [-0.4, -0.2) is 53.3 Å². The Balaban J connectivity index is 1.20. The van der Waals surface area contributed by atoms with E-state index in [0.29, 0.717) is 35.3 Å².